The number of amides is 1. The van der Waals surface area contributed by atoms with Gasteiger partial charge in [-0.15, -0.1) is 0 Å². The summed E-state index contributed by atoms with van der Waals surface area (Å²) in [5.74, 6) is 0.655. The van der Waals surface area contributed by atoms with E-state index < -0.39 is 0 Å². The molecular formula is C16H22N2O2. The second-order valence-electron chi connectivity index (χ2n) is 5.84. The number of carbonyl (C=O) groups is 1. The van der Waals surface area contributed by atoms with Gasteiger partial charge in [0.1, 0.15) is 0 Å². The molecule has 1 aromatic carbocycles. The summed E-state index contributed by atoms with van der Waals surface area (Å²) in [6.07, 6.45) is 2.18. The van der Waals surface area contributed by atoms with E-state index in [0.717, 1.165) is 31.5 Å². The molecule has 2 aliphatic heterocycles. The van der Waals surface area contributed by atoms with Crippen molar-refractivity contribution in [1.29, 1.82) is 0 Å². The maximum Gasteiger partial charge on any atom is 0.253 e. The standard InChI is InChI=1S/C16H22N2O2/c1-11-6-8-18(10-15(11)20-2)16(19)13-3-4-14-12(9-13)5-7-17-14/h3-4,9,11,15,17H,5-8,10H2,1-2H3. The molecule has 0 radical (unpaired) electrons. The van der Waals surface area contributed by atoms with Crippen molar-refractivity contribution >= 4 is 11.6 Å². The van der Waals surface area contributed by atoms with Crippen LogP contribution in [0, 0.1) is 5.92 Å². The summed E-state index contributed by atoms with van der Waals surface area (Å²) in [6, 6.07) is 5.99. The molecule has 0 aliphatic carbocycles. The van der Waals surface area contributed by atoms with E-state index in [2.05, 4.69) is 12.2 Å². The Bertz CT molecular complexity index is 515. The normalized spacial score (nSPS) is 25.2. The molecule has 0 bridgehead atoms. The number of ether oxygens (including phenoxy) is 1. The van der Waals surface area contributed by atoms with Gasteiger partial charge in [-0.25, -0.2) is 0 Å². The maximum absolute atomic E-state index is 12.6. The molecule has 2 heterocycles. The van der Waals surface area contributed by atoms with Crippen molar-refractivity contribution in [1.82, 2.24) is 4.90 Å². The second kappa shape index (κ2) is 5.44. The number of nitrogens with one attached hydrogen (secondary N) is 1. The number of fused-ring (bicyclic) bond motifs is 1. The molecule has 3 rings (SSSR count). The van der Waals surface area contributed by atoms with Gasteiger partial charge in [-0.1, -0.05) is 6.92 Å². The molecule has 2 atom stereocenters. The Balaban J connectivity index is 1.75. The smallest absolute Gasteiger partial charge is 0.253 e. The molecule has 0 spiro atoms. The SMILES string of the molecule is COC1CN(C(=O)c2ccc3c(c2)CCN3)CCC1C. The highest BCUT2D eigenvalue weighted by atomic mass is 16.5. The van der Waals surface area contributed by atoms with Crippen LogP contribution in [0.2, 0.25) is 0 Å². The van der Waals surface area contributed by atoms with Gasteiger partial charge in [-0.3, -0.25) is 4.79 Å². The first-order valence-electron chi connectivity index (χ1n) is 7.38. The van der Waals surface area contributed by atoms with E-state index >= 15 is 0 Å². The molecule has 1 N–H and O–H groups in total. The first-order chi connectivity index (χ1) is 9.69. The maximum atomic E-state index is 12.6. The largest absolute Gasteiger partial charge is 0.384 e. The van der Waals surface area contributed by atoms with Crippen LogP contribution >= 0.6 is 0 Å². The predicted molar refractivity (Wildman–Crippen MR) is 79.1 cm³/mol. The lowest BCUT2D eigenvalue weighted by Crippen LogP contribution is -2.46. The number of hydrogen-bond acceptors (Lipinski definition) is 3. The predicted octanol–water partition coefficient (Wildman–Crippen LogP) is 2.15. The van der Waals surface area contributed by atoms with Gasteiger partial charge < -0.3 is 15.0 Å². The number of anilines is 1. The average molecular weight is 274 g/mol. The minimum atomic E-state index is 0.133. The molecule has 2 unspecified atom stereocenters. The summed E-state index contributed by atoms with van der Waals surface area (Å²) in [6.45, 7) is 4.69. The number of methoxy groups -OCH3 is 1. The van der Waals surface area contributed by atoms with E-state index in [-0.39, 0.29) is 12.0 Å². The van der Waals surface area contributed by atoms with Crippen LogP contribution in [0.25, 0.3) is 0 Å². The summed E-state index contributed by atoms with van der Waals surface area (Å²) in [5.41, 5.74) is 3.23. The number of benzene rings is 1. The van der Waals surface area contributed by atoms with Gasteiger partial charge in [0.05, 0.1) is 6.10 Å². The molecule has 0 saturated carbocycles. The summed E-state index contributed by atoms with van der Waals surface area (Å²) in [4.78, 5) is 14.5. The number of hydrogen-bond donors (Lipinski definition) is 1. The lowest BCUT2D eigenvalue weighted by molar-refractivity contribution is -0.00156. The minimum Gasteiger partial charge on any atom is -0.384 e. The van der Waals surface area contributed by atoms with Gasteiger partial charge in [-0.05, 0) is 42.5 Å². The van der Waals surface area contributed by atoms with Crippen molar-refractivity contribution in [2.75, 3.05) is 32.1 Å². The lowest BCUT2D eigenvalue weighted by Gasteiger charge is -2.36. The Morgan fingerprint density at radius 2 is 2.30 bits per heavy atom. The van der Waals surface area contributed by atoms with Crippen molar-refractivity contribution in [2.45, 2.75) is 25.9 Å². The van der Waals surface area contributed by atoms with Crippen LogP contribution in [0.3, 0.4) is 0 Å². The van der Waals surface area contributed by atoms with Crippen LogP contribution in [-0.4, -0.2) is 43.7 Å². The molecular weight excluding hydrogens is 252 g/mol. The molecule has 1 fully saturated rings. The topological polar surface area (TPSA) is 41.6 Å². The highest BCUT2D eigenvalue weighted by Crippen LogP contribution is 2.25. The zero-order valence-corrected chi connectivity index (χ0v) is 12.2. The molecule has 1 aromatic rings. The van der Waals surface area contributed by atoms with Crippen LogP contribution < -0.4 is 5.32 Å². The molecule has 108 valence electrons. The molecule has 1 saturated heterocycles. The Kier molecular flexibility index (Phi) is 3.66. The van der Waals surface area contributed by atoms with Gasteiger partial charge in [0.25, 0.3) is 5.91 Å². The third kappa shape index (κ3) is 2.40. The monoisotopic (exact) mass is 274 g/mol. The van der Waals surface area contributed by atoms with E-state index in [1.807, 2.05) is 23.1 Å². The van der Waals surface area contributed by atoms with Crippen molar-refractivity contribution < 1.29 is 9.53 Å². The fraction of sp³-hybridized carbons (Fsp3) is 0.562. The van der Waals surface area contributed by atoms with E-state index in [4.69, 9.17) is 4.74 Å². The van der Waals surface area contributed by atoms with Gasteiger partial charge in [-0.2, -0.15) is 0 Å². The fourth-order valence-electron chi connectivity index (χ4n) is 3.15. The molecule has 4 heteroatoms. The molecule has 4 nitrogen and oxygen atoms in total. The van der Waals surface area contributed by atoms with E-state index in [1.165, 1.54) is 11.3 Å². The fourth-order valence-corrected chi connectivity index (χ4v) is 3.15. The summed E-state index contributed by atoms with van der Waals surface area (Å²) >= 11 is 0. The number of rotatable bonds is 2. The number of piperidine rings is 1. The summed E-state index contributed by atoms with van der Waals surface area (Å²) in [5, 5.41) is 3.32. The Labute approximate surface area is 120 Å². The van der Waals surface area contributed by atoms with Crippen molar-refractivity contribution in [3.05, 3.63) is 29.3 Å². The van der Waals surface area contributed by atoms with Crippen molar-refractivity contribution in [3.8, 4) is 0 Å². The number of carbonyl (C=O) groups excluding carboxylic acids is 1. The zero-order valence-electron chi connectivity index (χ0n) is 12.2. The van der Waals surface area contributed by atoms with Crippen molar-refractivity contribution in [2.24, 2.45) is 5.92 Å². The Morgan fingerprint density at radius 1 is 1.45 bits per heavy atom. The molecule has 20 heavy (non-hydrogen) atoms. The van der Waals surface area contributed by atoms with Crippen LogP contribution in [-0.2, 0) is 11.2 Å². The van der Waals surface area contributed by atoms with Gasteiger partial charge in [0, 0.05) is 38.0 Å². The summed E-state index contributed by atoms with van der Waals surface area (Å²) in [7, 11) is 1.73. The van der Waals surface area contributed by atoms with Gasteiger partial charge >= 0.3 is 0 Å². The molecule has 1 amide bonds. The van der Waals surface area contributed by atoms with Crippen LogP contribution in [0.5, 0.6) is 0 Å². The van der Waals surface area contributed by atoms with Crippen molar-refractivity contribution in [3.63, 3.8) is 0 Å². The highest BCUT2D eigenvalue weighted by Gasteiger charge is 2.29. The lowest BCUT2D eigenvalue weighted by atomic mass is 9.95. The average Bonchev–Trinajstić information content (AvgIpc) is 2.94. The van der Waals surface area contributed by atoms with Crippen LogP contribution in [0.15, 0.2) is 18.2 Å². The third-order valence-corrected chi connectivity index (χ3v) is 4.54. The summed E-state index contributed by atoms with van der Waals surface area (Å²) < 4.78 is 5.49. The number of likely N-dealkylation sites (tertiary alicyclic amines) is 1. The van der Waals surface area contributed by atoms with Crippen LogP contribution in [0.4, 0.5) is 5.69 Å². The quantitative estimate of drug-likeness (QED) is 0.898. The van der Waals surface area contributed by atoms with Gasteiger partial charge in [0.15, 0.2) is 0 Å². The Hall–Kier alpha value is -1.55. The second-order valence-corrected chi connectivity index (χ2v) is 5.84. The zero-order chi connectivity index (χ0) is 14.1. The molecule has 2 aliphatic rings. The first kappa shape index (κ1) is 13.4. The third-order valence-electron chi connectivity index (χ3n) is 4.54. The minimum absolute atomic E-state index is 0.133. The first-order valence-corrected chi connectivity index (χ1v) is 7.38. The van der Waals surface area contributed by atoms with Crippen LogP contribution in [0.1, 0.15) is 29.3 Å². The molecule has 0 aromatic heterocycles. The van der Waals surface area contributed by atoms with E-state index in [1.54, 1.807) is 7.11 Å². The van der Waals surface area contributed by atoms with E-state index in [9.17, 15) is 4.79 Å². The Morgan fingerprint density at radius 3 is 3.10 bits per heavy atom. The number of nitrogens with zero attached hydrogens (tertiary/aromatic N) is 1. The van der Waals surface area contributed by atoms with Gasteiger partial charge in [0.2, 0.25) is 0 Å². The van der Waals surface area contributed by atoms with E-state index in [0.29, 0.717) is 12.5 Å². The highest BCUT2D eigenvalue weighted by molar-refractivity contribution is 5.95.